The maximum Gasteiger partial charge on any atom is 0.105 e. The van der Waals surface area contributed by atoms with Gasteiger partial charge in [0.1, 0.15) is 8.96 Å². The van der Waals surface area contributed by atoms with E-state index in [1.54, 1.807) is 0 Å². The Balaban J connectivity index is 2.24. The molecule has 0 N–H and O–H groups in total. The van der Waals surface area contributed by atoms with Gasteiger partial charge in [0.05, 0.1) is 0 Å². The van der Waals surface area contributed by atoms with E-state index in [-0.39, 0.29) is 8.96 Å². The monoisotopic (exact) mass is 129 g/mol. The lowest BCUT2D eigenvalue weighted by molar-refractivity contribution is 0.540. The van der Waals surface area contributed by atoms with Crippen LogP contribution in [0, 0.1) is 0 Å². The lowest BCUT2D eigenvalue weighted by Gasteiger charge is -2.17. The number of hydrogen-bond acceptors (Lipinski definition) is 1. The van der Waals surface area contributed by atoms with E-state index in [9.17, 15) is 0 Å². The molecule has 1 aliphatic heterocycles. The first-order valence-electron chi connectivity index (χ1n) is 3.55. The van der Waals surface area contributed by atoms with Gasteiger partial charge < -0.3 is 4.57 Å². The standard InChI is InChI=1S/C6H15NSi/c1-8(2)7-5-3-4-6-7/h8H,3-6H2,1-2H3. The minimum atomic E-state index is -0.390. The molecule has 0 aromatic rings. The molecule has 0 aromatic heterocycles. The molecule has 1 nitrogen and oxygen atoms in total. The summed E-state index contributed by atoms with van der Waals surface area (Å²) in [4.78, 5) is 0. The number of rotatable bonds is 1. The number of hydrogen-bond donors (Lipinski definition) is 0. The predicted molar refractivity (Wildman–Crippen MR) is 39.7 cm³/mol. The van der Waals surface area contributed by atoms with Crippen LogP contribution in [0.5, 0.6) is 0 Å². The zero-order valence-corrected chi connectivity index (χ0v) is 7.01. The van der Waals surface area contributed by atoms with Gasteiger partial charge in [0.15, 0.2) is 0 Å². The summed E-state index contributed by atoms with van der Waals surface area (Å²) in [6, 6.07) is 0. The van der Waals surface area contributed by atoms with Crippen LogP contribution in [0.2, 0.25) is 13.1 Å². The van der Waals surface area contributed by atoms with E-state index in [0.29, 0.717) is 0 Å². The lowest BCUT2D eigenvalue weighted by Crippen LogP contribution is -2.30. The second kappa shape index (κ2) is 2.64. The van der Waals surface area contributed by atoms with E-state index >= 15 is 0 Å². The molecule has 1 fully saturated rings. The van der Waals surface area contributed by atoms with Crippen LogP contribution in [0.15, 0.2) is 0 Å². The van der Waals surface area contributed by atoms with Crippen LogP contribution in [0.25, 0.3) is 0 Å². The van der Waals surface area contributed by atoms with Gasteiger partial charge >= 0.3 is 0 Å². The lowest BCUT2D eigenvalue weighted by atomic mass is 10.4. The van der Waals surface area contributed by atoms with Crippen LogP contribution in [-0.4, -0.2) is 26.6 Å². The summed E-state index contributed by atoms with van der Waals surface area (Å²) in [5.74, 6) is 0. The first-order valence-corrected chi connectivity index (χ1v) is 6.37. The molecule has 0 bridgehead atoms. The van der Waals surface area contributed by atoms with Crippen molar-refractivity contribution in [3.05, 3.63) is 0 Å². The van der Waals surface area contributed by atoms with Gasteiger partial charge in [-0.2, -0.15) is 0 Å². The normalized spacial score (nSPS) is 22.9. The van der Waals surface area contributed by atoms with Gasteiger partial charge in [0, 0.05) is 0 Å². The molecule has 0 saturated carbocycles. The van der Waals surface area contributed by atoms with E-state index < -0.39 is 0 Å². The molecule has 0 radical (unpaired) electrons. The average Bonchev–Trinajstić information content (AvgIpc) is 2.12. The molecule has 0 amide bonds. The van der Waals surface area contributed by atoms with E-state index in [0.717, 1.165) is 0 Å². The Morgan fingerprint density at radius 1 is 1.12 bits per heavy atom. The summed E-state index contributed by atoms with van der Waals surface area (Å²) < 4.78 is 2.67. The molecule has 48 valence electrons. The van der Waals surface area contributed by atoms with Crippen molar-refractivity contribution in [2.24, 2.45) is 0 Å². The Labute approximate surface area is 53.4 Å². The van der Waals surface area contributed by atoms with Crippen molar-refractivity contribution in [2.75, 3.05) is 13.1 Å². The molecule has 2 heteroatoms. The molecule has 1 saturated heterocycles. The van der Waals surface area contributed by atoms with Crippen molar-refractivity contribution in [1.82, 2.24) is 4.57 Å². The second-order valence-electron chi connectivity index (χ2n) is 2.84. The van der Waals surface area contributed by atoms with Crippen LogP contribution < -0.4 is 0 Å². The van der Waals surface area contributed by atoms with Crippen LogP contribution >= 0.6 is 0 Å². The van der Waals surface area contributed by atoms with Crippen molar-refractivity contribution >= 4 is 8.96 Å². The molecule has 0 spiro atoms. The van der Waals surface area contributed by atoms with Crippen molar-refractivity contribution in [3.63, 3.8) is 0 Å². The third-order valence-corrected chi connectivity index (χ3v) is 3.85. The first-order chi connectivity index (χ1) is 3.80. The molecule has 1 rings (SSSR count). The Bertz CT molecular complexity index is 66.9. The van der Waals surface area contributed by atoms with E-state index in [1.807, 2.05) is 0 Å². The third-order valence-electron chi connectivity index (χ3n) is 1.87. The van der Waals surface area contributed by atoms with Gasteiger partial charge in [-0.25, -0.2) is 0 Å². The van der Waals surface area contributed by atoms with Crippen molar-refractivity contribution in [3.8, 4) is 0 Å². The van der Waals surface area contributed by atoms with Crippen LogP contribution in [0.4, 0.5) is 0 Å². The highest BCUT2D eigenvalue weighted by Gasteiger charge is 2.13. The summed E-state index contributed by atoms with van der Waals surface area (Å²) in [6.45, 7) is 7.60. The molecule has 0 aromatic carbocycles. The largest absolute Gasteiger partial charge is 0.327 e. The quantitative estimate of drug-likeness (QED) is 0.479. The van der Waals surface area contributed by atoms with Gasteiger partial charge in [-0.3, -0.25) is 0 Å². The molecular formula is C6H15NSi. The third kappa shape index (κ3) is 1.33. The topological polar surface area (TPSA) is 3.24 Å². The molecule has 0 atom stereocenters. The van der Waals surface area contributed by atoms with Crippen LogP contribution in [0.1, 0.15) is 12.8 Å². The SMILES string of the molecule is C[SiH](C)N1CCCC1. The average molecular weight is 129 g/mol. The predicted octanol–water partition coefficient (Wildman–Crippen LogP) is 1.07. The Kier molecular flexibility index (Phi) is 2.08. The Hall–Kier alpha value is 0.177. The van der Waals surface area contributed by atoms with Gasteiger partial charge in [0.25, 0.3) is 0 Å². The molecule has 0 unspecified atom stereocenters. The van der Waals surface area contributed by atoms with Gasteiger partial charge in [-0.05, 0) is 25.9 Å². The molecule has 1 heterocycles. The zero-order valence-electron chi connectivity index (χ0n) is 5.85. The maximum atomic E-state index is 2.67. The minimum Gasteiger partial charge on any atom is -0.327 e. The van der Waals surface area contributed by atoms with Gasteiger partial charge in [-0.15, -0.1) is 0 Å². The Morgan fingerprint density at radius 2 is 1.62 bits per heavy atom. The van der Waals surface area contributed by atoms with Gasteiger partial charge in [0.2, 0.25) is 0 Å². The summed E-state index contributed by atoms with van der Waals surface area (Å²) in [5.41, 5.74) is 0. The summed E-state index contributed by atoms with van der Waals surface area (Å²) in [6.07, 6.45) is 2.90. The highest BCUT2D eigenvalue weighted by Crippen LogP contribution is 2.08. The maximum absolute atomic E-state index is 2.67. The van der Waals surface area contributed by atoms with Gasteiger partial charge in [-0.1, -0.05) is 13.1 Å². The highest BCUT2D eigenvalue weighted by atomic mass is 28.3. The van der Waals surface area contributed by atoms with Crippen molar-refractivity contribution < 1.29 is 0 Å². The highest BCUT2D eigenvalue weighted by molar-refractivity contribution is 6.52. The van der Waals surface area contributed by atoms with Crippen molar-refractivity contribution in [2.45, 2.75) is 25.9 Å². The van der Waals surface area contributed by atoms with Crippen LogP contribution in [-0.2, 0) is 0 Å². The van der Waals surface area contributed by atoms with Crippen molar-refractivity contribution in [1.29, 1.82) is 0 Å². The summed E-state index contributed by atoms with van der Waals surface area (Å²) in [5, 5.41) is 0. The minimum absolute atomic E-state index is 0.390. The molecule has 8 heavy (non-hydrogen) atoms. The smallest absolute Gasteiger partial charge is 0.105 e. The molecule has 0 aliphatic carbocycles. The summed E-state index contributed by atoms with van der Waals surface area (Å²) in [7, 11) is -0.390. The van der Waals surface area contributed by atoms with Crippen LogP contribution in [0.3, 0.4) is 0 Å². The van der Waals surface area contributed by atoms with E-state index in [2.05, 4.69) is 17.7 Å². The molecule has 1 aliphatic rings. The summed E-state index contributed by atoms with van der Waals surface area (Å²) >= 11 is 0. The fourth-order valence-corrected chi connectivity index (χ4v) is 2.66. The number of nitrogens with zero attached hydrogens (tertiary/aromatic N) is 1. The Morgan fingerprint density at radius 3 is 1.88 bits per heavy atom. The first kappa shape index (κ1) is 6.30. The fraction of sp³-hybridized carbons (Fsp3) is 1.00. The zero-order chi connectivity index (χ0) is 5.98. The fourth-order valence-electron chi connectivity index (χ4n) is 1.26. The second-order valence-corrected chi connectivity index (χ2v) is 5.75. The van der Waals surface area contributed by atoms with E-state index in [4.69, 9.17) is 0 Å². The molecular weight excluding hydrogens is 114 g/mol. The van der Waals surface area contributed by atoms with E-state index in [1.165, 1.54) is 25.9 Å².